The van der Waals surface area contributed by atoms with Gasteiger partial charge >= 0.3 is 0 Å². The largest absolute Gasteiger partial charge is 0.359 e. The van der Waals surface area contributed by atoms with E-state index >= 15 is 0 Å². The summed E-state index contributed by atoms with van der Waals surface area (Å²) in [7, 11) is 2.08. The van der Waals surface area contributed by atoms with Crippen LogP contribution in [0.4, 0.5) is 5.82 Å². The molecule has 0 saturated heterocycles. The average molecular weight is 241 g/mol. The third-order valence-corrected chi connectivity index (χ3v) is 2.72. The van der Waals surface area contributed by atoms with Crippen molar-refractivity contribution in [2.24, 2.45) is 5.41 Å². The van der Waals surface area contributed by atoms with Gasteiger partial charge in [-0.1, -0.05) is 26.8 Å². The van der Waals surface area contributed by atoms with Crippen molar-refractivity contribution in [3.63, 3.8) is 0 Å². The van der Waals surface area contributed by atoms with E-state index in [-0.39, 0.29) is 5.41 Å². The van der Waals surface area contributed by atoms with Crippen LogP contribution in [-0.4, -0.2) is 18.6 Å². The average Bonchev–Trinajstić information content (AvgIpc) is 2.15. The van der Waals surface area contributed by atoms with Crippen molar-refractivity contribution < 1.29 is 0 Å². The normalized spacial score (nSPS) is 11.6. The number of pyridine rings is 1. The van der Waals surface area contributed by atoms with Gasteiger partial charge in [-0.05, 0) is 24.0 Å². The molecule has 0 amide bonds. The first-order valence-electron chi connectivity index (χ1n) is 5.57. The number of hydrogen-bond acceptors (Lipinski definition) is 2. The maximum atomic E-state index is 5.82. The van der Waals surface area contributed by atoms with Gasteiger partial charge in [-0.3, -0.25) is 0 Å². The van der Waals surface area contributed by atoms with Crippen LogP contribution in [0.3, 0.4) is 0 Å². The molecule has 90 valence electrons. The van der Waals surface area contributed by atoms with Crippen molar-refractivity contribution in [3.05, 3.63) is 23.4 Å². The highest BCUT2D eigenvalue weighted by molar-refractivity contribution is 6.17. The maximum absolute atomic E-state index is 5.82. The quantitative estimate of drug-likeness (QED) is 0.751. The van der Waals surface area contributed by atoms with Crippen LogP contribution in [0.15, 0.2) is 12.1 Å². The summed E-state index contributed by atoms with van der Waals surface area (Å²) in [6, 6.07) is 4.10. The van der Waals surface area contributed by atoms with Crippen LogP contribution < -0.4 is 4.90 Å². The van der Waals surface area contributed by atoms with Gasteiger partial charge in [0.25, 0.3) is 0 Å². The minimum Gasteiger partial charge on any atom is -0.359 e. The Hall–Kier alpha value is -0.760. The number of aryl methyl sites for hydroxylation is 1. The van der Waals surface area contributed by atoms with Crippen LogP contribution in [0, 0.1) is 12.3 Å². The van der Waals surface area contributed by atoms with Crippen molar-refractivity contribution in [1.82, 2.24) is 4.98 Å². The summed E-state index contributed by atoms with van der Waals surface area (Å²) >= 11 is 5.82. The van der Waals surface area contributed by atoms with Crippen molar-refractivity contribution in [1.29, 1.82) is 0 Å². The Morgan fingerprint density at radius 1 is 1.31 bits per heavy atom. The molecule has 1 aromatic heterocycles. The topological polar surface area (TPSA) is 16.1 Å². The molecule has 0 spiro atoms. The van der Waals surface area contributed by atoms with E-state index in [9.17, 15) is 0 Å². The molecule has 0 aliphatic heterocycles. The van der Waals surface area contributed by atoms with E-state index in [2.05, 4.69) is 43.8 Å². The van der Waals surface area contributed by atoms with Gasteiger partial charge in [0.1, 0.15) is 5.82 Å². The molecule has 1 aromatic rings. The van der Waals surface area contributed by atoms with Crippen molar-refractivity contribution in [2.45, 2.75) is 33.6 Å². The van der Waals surface area contributed by atoms with E-state index in [1.165, 1.54) is 0 Å². The Kier molecular flexibility index (Phi) is 4.20. The summed E-state index contributed by atoms with van der Waals surface area (Å²) in [4.78, 5) is 6.76. The zero-order valence-corrected chi connectivity index (χ0v) is 11.6. The molecule has 3 heteroatoms. The minimum atomic E-state index is 0.273. The summed E-state index contributed by atoms with van der Waals surface area (Å²) in [6.07, 6.45) is 0. The molecule has 0 radical (unpaired) electrons. The van der Waals surface area contributed by atoms with Gasteiger partial charge in [-0.2, -0.15) is 0 Å². The first-order valence-corrected chi connectivity index (χ1v) is 6.10. The molecule has 0 atom stereocenters. The molecule has 0 aliphatic rings. The fraction of sp³-hybridized carbons (Fsp3) is 0.615. The summed E-state index contributed by atoms with van der Waals surface area (Å²) in [5.74, 6) is 1.54. The Morgan fingerprint density at radius 2 is 1.94 bits per heavy atom. The molecule has 0 aliphatic carbocycles. The Bertz CT molecular complexity index is 355. The van der Waals surface area contributed by atoms with Gasteiger partial charge in [-0.25, -0.2) is 4.98 Å². The smallest absolute Gasteiger partial charge is 0.128 e. The molecular weight excluding hydrogens is 220 g/mol. The minimum absolute atomic E-state index is 0.273. The highest BCUT2D eigenvalue weighted by Gasteiger charge is 2.15. The highest BCUT2D eigenvalue weighted by atomic mass is 35.5. The monoisotopic (exact) mass is 240 g/mol. The van der Waals surface area contributed by atoms with Gasteiger partial charge < -0.3 is 4.90 Å². The summed E-state index contributed by atoms with van der Waals surface area (Å²) in [5, 5.41) is 0. The lowest BCUT2D eigenvalue weighted by atomic mass is 9.96. The molecule has 0 saturated carbocycles. The zero-order chi connectivity index (χ0) is 12.3. The lowest BCUT2D eigenvalue weighted by molar-refractivity contribution is 0.417. The third kappa shape index (κ3) is 3.67. The number of alkyl halides is 1. The Morgan fingerprint density at radius 3 is 2.38 bits per heavy atom. The van der Waals surface area contributed by atoms with Crippen LogP contribution in [0.2, 0.25) is 0 Å². The van der Waals surface area contributed by atoms with Crippen molar-refractivity contribution >= 4 is 17.4 Å². The lowest BCUT2D eigenvalue weighted by Crippen LogP contribution is -2.29. The van der Waals surface area contributed by atoms with E-state index in [0.29, 0.717) is 5.88 Å². The second-order valence-electron chi connectivity index (χ2n) is 5.46. The number of rotatable bonds is 3. The summed E-state index contributed by atoms with van der Waals surface area (Å²) in [6.45, 7) is 9.67. The molecule has 2 nitrogen and oxygen atoms in total. The molecule has 1 rings (SSSR count). The summed E-state index contributed by atoms with van der Waals surface area (Å²) < 4.78 is 0. The van der Waals surface area contributed by atoms with E-state index < -0.39 is 0 Å². The van der Waals surface area contributed by atoms with Crippen LogP contribution in [-0.2, 0) is 5.88 Å². The molecule has 0 unspecified atom stereocenters. The molecule has 1 heterocycles. The van der Waals surface area contributed by atoms with Gasteiger partial charge in [0, 0.05) is 25.2 Å². The Labute approximate surface area is 104 Å². The number of anilines is 1. The van der Waals surface area contributed by atoms with Crippen LogP contribution in [0.1, 0.15) is 32.0 Å². The number of hydrogen-bond donors (Lipinski definition) is 0. The first-order chi connectivity index (χ1) is 7.33. The zero-order valence-electron chi connectivity index (χ0n) is 10.8. The predicted octanol–water partition coefficient (Wildman–Crippen LogP) is 3.61. The SMILES string of the molecule is Cc1nc(N(C)CC(C)(C)C)ccc1CCl. The van der Waals surface area contributed by atoms with Crippen LogP contribution in [0.25, 0.3) is 0 Å². The van der Waals surface area contributed by atoms with Crippen molar-refractivity contribution in [2.75, 3.05) is 18.5 Å². The molecule has 0 fully saturated rings. The van der Waals surface area contributed by atoms with Gasteiger partial charge in [-0.15, -0.1) is 11.6 Å². The maximum Gasteiger partial charge on any atom is 0.128 e. The standard InChI is InChI=1S/C13H21ClN2/c1-10-11(8-14)6-7-12(15-10)16(5)9-13(2,3)4/h6-7H,8-9H2,1-5H3. The molecule has 0 N–H and O–H groups in total. The second-order valence-corrected chi connectivity index (χ2v) is 5.73. The highest BCUT2D eigenvalue weighted by Crippen LogP contribution is 2.20. The third-order valence-electron chi connectivity index (χ3n) is 2.43. The fourth-order valence-electron chi connectivity index (χ4n) is 1.72. The van der Waals surface area contributed by atoms with Gasteiger partial charge in [0.2, 0.25) is 0 Å². The molecule has 16 heavy (non-hydrogen) atoms. The Balaban J connectivity index is 2.85. The molecule has 0 aromatic carbocycles. The van der Waals surface area contributed by atoms with E-state index in [4.69, 9.17) is 11.6 Å². The predicted molar refractivity (Wildman–Crippen MR) is 71.3 cm³/mol. The van der Waals surface area contributed by atoms with E-state index in [1.807, 2.05) is 13.0 Å². The first kappa shape index (κ1) is 13.3. The van der Waals surface area contributed by atoms with Crippen LogP contribution in [0.5, 0.6) is 0 Å². The number of halogens is 1. The van der Waals surface area contributed by atoms with Crippen LogP contribution >= 0.6 is 11.6 Å². The number of aromatic nitrogens is 1. The number of nitrogens with zero attached hydrogens (tertiary/aromatic N) is 2. The van der Waals surface area contributed by atoms with Gasteiger partial charge in [0.05, 0.1) is 0 Å². The summed E-state index contributed by atoms with van der Waals surface area (Å²) in [5.41, 5.74) is 2.40. The van der Waals surface area contributed by atoms with Gasteiger partial charge in [0.15, 0.2) is 0 Å². The molecule has 0 bridgehead atoms. The van der Waals surface area contributed by atoms with E-state index in [1.54, 1.807) is 0 Å². The lowest BCUT2D eigenvalue weighted by Gasteiger charge is -2.27. The second kappa shape index (κ2) is 5.05. The van der Waals surface area contributed by atoms with Crippen molar-refractivity contribution in [3.8, 4) is 0 Å². The molecular formula is C13H21ClN2. The van der Waals surface area contributed by atoms with E-state index in [0.717, 1.165) is 23.6 Å². The fourth-order valence-corrected chi connectivity index (χ4v) is 2.01.